The molecule has 0 unspecified atom stereocenters. The second-order valence-corrected chi connectivity index (χ2v) is 6.93. The van der Waals surface area contributed by atoms with Gasteiger partial charge < -0.3 is 15.4 Å². The van der Waals surface area contributed by atoms with Crippen LogP contribution in [0.2, 0.25) is 0 Å². The van der Waals surface area contributed by atoms with Gasteiger partial charge in [-0.25, -0.2) is 0 Å². The molecule has 1 aliphatic heterocycles. The Morgan fingerprint density at radius 1 is 1.30 bits per heavy atom. The highest BCUT2D eigenvalue weighted by Crippen LogP contribution is 2.26. The zero-order valence-corrected chi connectivity index (χ0v) is 14.1. The van der Waals surface area contributed by atoms with E-state index in [1.807, 2.05) is 47.5 Å². The second-order valence-electron chi connectivity index (χ2n) is 5.90. The van der Waals surface area contributed by atoms with E-state index in [9.17, 15) is 4.79 Å². The molecule has 1 aromatic carbocycles. The zero-order chi connectivity index (χ0) is 16.2. The first-order chi connectivity index (χ1) is 11.2. The van der Waals surface area contributed by atoms with Gasteiger partial charge >= 0.3 is 0 Å². The van der Waals surface area contributed by atoms with E-state index in [4.69, 9.17) is 10.5 Å². The van der Waals surface area contributed by atoms with Gasteiger partial charge in [0.1, 0.15) is 6.10 Å². The fourth-order valence-electron chi connectivity index (χ4n) is 2.81. The van der Waals surface area contributed by atoms with Crippen LogP contribution in [0.4, 0.5) is 5.69 Å². The van der Waals surface area contributed by atoms with Crippen molar-refractivity contribution in [2.45, 2.75) is 38.5 Å². The molecule has 2 heterocycles. The first-order valence-electron chi connectivity index (χ1n) is 7.93. The largest absolute Gasteiger partial charge is 0.364 e. The molecule has 1 amide bonds. The van der Waals surface area contributed by atoms with Crippen molar-refractivity contribution < 1.29 is 9.53 Å². The second kappa shape index (κ2) is 7.25. The van der Waals surface area contributed by atoms with Gasteiger partial charge in [-0.2, -0.15) is 0 Å². The van der Waals surface area contributed by atoms with Crippen molar-refractivity contribution in [1.29, 1.82) is 0 Å². The summed E-state index contributed by atoms with van der Waals surface area (Å²) in [7, 11) is 0. The van der Waals surface area contributed by atoms with Crippen LogP contribution in [0, 0.1) is 6.92 Å². The molecular formula is C18H22N2O2S. The number of anilines is 1. The van der Waals surface area contributed by atoms with Gasteiger partial charge in [-0.05, 0) is 43.3 Å². The zero-order valence-electron chi connectivity index (χ0n) is 13.3. The third-order valence-electron chi connectivity index (χ3n) is 4.15. The van der Waals surface area contributed by atoms with Crippen LogP contribution in [0.3, 0.4) is 0 Å². The van der Waals surface area contributed by atoms with E-state index in [0.717, 1.165) is 23.4 Å². The number of benzene rings is 1. The minimum Gasteiger partial charge on any atom is -0.364 e. The normalized spacial score (nSPS) is 20.6. The average Bonchev–Trinajstić information content (AvgIpc) is 3.24. The number of amides is 1. The summed E-state index contributed by atoms with van der Waals surface area (Å²) in [6.45, 7) is 3.09. The molecule has 0 spiro atoms. The third-order valence-corrected chi connectivity index (χ3v) is 5.01. The van der Waals surface area contributed by atoms with Crippen molar-refractivity contribution in [1.82, 2.24) is 0 Å². The van der Waals surface area contributed by atoms with Crippen molar-refractivity contribution in [3.05, 3.63) is 52.2 Å². The minimum atomic E-state index is -0.384. The molecule has 3 rings (SSSR count). The standard InChI is InChI=1S/C18H22N2O2S/c1-13-4-6-14(7-5-13)20(12-16-3-2-10-23-16)18(21)17-9-8-15(11-19)22-17/h2-7,10,15,17H,8-9,11-12,19H2,1H3/t15-,17+/m1/s1. The van der Waals surface area contributed by atoms with Gasteiger partial charge in [0, 0.05) is 17.1 Å². The summed E-state index contributed by atoms with van der Waals surface area (Å²) in [5, 5.41) is 2.03. The Morgan fingerprint density at radius 2 is 2.09 bits per heavy atom. The van der Waals surface area contributed by atoms with Crippen molar-refractivity contribution in [3.63, 3.8) is 0 Å². The number of thiophene rings is 1. The first-order valence-corrected chi connectivity index (χ1v) is 8.81. The highest BCUT2D eigenvalue weighted by molar-refractivity contribution is 7.09. The molecule has 0 saturated carbocycles. The van der Waals surface area contributed by atoms with Crippen LogP contribution in [-0.2, 0) is 16.1 Å². The summed E-state index contributed by atoms with van der Waals surface area (Å²) in [4.78, 5) is 16.0. The Morgan fingerprint density at radius 3 is 2.70 bits per heavy atom. The van der Waals surface area contributed by atoms with E-state index in [0.29, 0.717) is 13.1 Å². The van der Waals surface area contributed by atoms with Gasteiger partial charge in [-0.15, -0.1) is 11.3 Å². The highest BCUT2D eigenvalue weighted by Gasteiger charge is 2.33. The number of aryl methyl sites for hydroxylation is 1. The number of nitrogens with zero attached hydrogens (tertiary/aromatic N) is 1. The predicted octanol–water partition coefficient (Wildman–Crippen LogP) is 3.10. The van der Waals surface area contributed by atoms with Crippen LogP contribution in [0.15, 0.2) is 41.8 Å². The van der Waals surface area contributed by atoms with Crippen LogP contribution in [0.5, 0.6) is 0 Å². The van der Waals surface area contributed by atoms with E-state index in [2.05, 4.69) is 6.07 Å². The van der Waals surface area contributed by atoms with Crippen LogP contribution in [-0.4, -0.2) is 24.7 Å². The lowest BCUT2D eigenvalue weighted by Gasteiger charge is -2.25. The SMILES string of the molecule is Cc1ccc(N(Cc2cccs2)C(=O)[C@@H]2CC[C@H](CN)O2)cc1. The lowest BCUT2D eigenvalue weighted by molar-refractivity contribution is -0.129. The fourth-order valence-corrected chi connectivity index (χ4v) is 3.51. The van der Waals surface area contributed by atoms with E-state index >= 15 is 0 Å². The van der Waals surface area contributed by atoms with Crippen LogP contribution in [0.1, 0.15) is 23.3 Å². The van der Waals surface area contributed by atoms with Crippen LogP contribution >= 0.6 is 11.3 Å². The lowest BCUT2D eigenvalue weighted by Crippen LogP contribution is -2.39. The summed E-state index contributed by atoms with van der Waals surface area (Å²) in [5.74, 6) is 0.0261. The fraction of sp³-hybridized carbons (Fsp3) is 0.389. The molecule has 0 radical (unpaired) electrons. The maximum Gasteiger partial charge on any atom is 0.256 e. The summed E-state index contributed by atoms with van der Waals surface area (Å²) in [6.07, 6.45) is 1.22. The Labute approximate surface area is 140 Å². The van der Waals surface area contributed by atoms with Crippen molar-refractivity contribution in [3.8, 4) is 0 Å². The van der Waals surface area contributed by atoms with Crippen molar-refractivity contribution >= 4 is 22.9 Å². The molecule has 2 aromatic rings. The summed E-state index contributed by atoms with van der Waals surface area (Å²) < 4.78 is 5.80. The van der Waals surface area contributed by atoms with Gasteiger partial charge in [0.25, 0.3) is 5.91 Å². The molecule has 0 aliphatic carbocycles. The van der Waals surface area contributed by atoms with Crippen molar-refractivity contribution in [2.24, 2.45) is 5.73 Å². The smallest absolute Gasteiger partial charge is 0.256 e. The predicted molar refractivity (Wildman–Crippen MR) is 93.6 cm³/mol. The number of hydrogen-bond acceptors (Lipinski definition) is 4. The molecule has 4 nitrogen and oxygen atoms in total. The Balaban J connectivity index is 1.82. The number of hydrogen-bond donors (Lipinski definition) is 1. The topological polar surface area (TPSA) is 55.6 Å². The van der Waals surface area contributed by atoms with Gasteiger partial charge in [-0.1, -0.05) is 23.8 Å². The number of nitrogens with two attached hydrogens (primary N) is 1. The Kier molecular flexibility index (Phi) is 5.10. The highest BCUT2D eigenvalue weighted by atomic mass is 32.1. The van der Waals surface area contributed by atoms with E-state index in [1.54, 1.807) is 11.3 Å². The lowest BCUT2D eigenvalue weighted by atomic mass is 10.1. The molecule has 23 heavy (non-hydrogen) atoms. The van der Waals surface area contributed by atoms with E-state index < -0.39 is 0 Å². The maximum atomic E-state index is 13.0. The maximum absolute atomic E-state index is 13.0. The molecule has 122 valence electrons. The number of carbonyl (C=O) groups excluding carboxylic acids is 1. The molecule has 0 bridgehead atoms. The minimum absolute atomic E-state index is 0.00514. The first kappa shape index (κ1) is 16.2. The third kappa shape index (κ3) is 3.80. The molecular weight excluding hydrogens is 308 g/mol. The number of rotatable bonds is 5. The Hall–Kier alpha value is -1.69. The van der Waals surface area contributed by atoms with Gasteiger partial charge in [0.05, 0.1) is 12.6 Å². The average molecular weight is 330 g/mol. The van der Waals surface area contributed by atoms with Gasteiger partial charge in [-0.3, -0.25) is 4.79 Å². The molecule has 5 heteroatoms. The van der Waals surface area contributed by atoms with Gasteiger partial charge in [0.15, 0.2) is 0 Å². The summed E-state index contributed by atoms with van der Waals surface area (Å²) in [6, 6.07) is 12.1. The van der Waals surface area contributed by atoms with E-state index in [-0.39, 0.29) is 18.1 Å². The molecule has 1 fully saturated rings. The monoisotopic (exact) mass is 330 g/mol. The summed E-state index contributed by atoms with van der Waals surface area (Å²) >= 11 is 1.66. The molecule has 1 aromatic heterocycles. The molecule has 2 atom stereocenters. The molecule has 1 saturated heterocycles. The van der Waals surface area contributed by atoms with Crippen LogP contribution in [0.25, 0.3) is 0 Å². The molecule has 1 aliphatic rings. The Bertz CT molecular complexity index is 640. The summed E-state index contributed by atoms with van der Waals surface area (Å²) in [5.41, 5.74) is 7.75. The molecule has 2 N–H and O–H groups in total. The van der Waals surface area contributed by atoms with Gasteiger partial charge in [0.2, 0.25) is 0 Å². The van der Waals surface area contributed by atoms with Crippen molar-refractivity contribution in [2.75, 3.05) is 11.4 Å². The van der Waals surface area contributed by atoms with E-state index in [1.165, 1.54) is 5.56 Å². The number of ether oxygens (including phenoxy) is 1. The van der Waals surface area contributed by atoms with Crippen LogP contribution < -0.4 is 10.6 Å². The quantitative estimate of drug-likeness (QED) is 0.916. The number of carbonyl (C=O) groups is 1.